The van der Waals surface area contributed by atoms with Gasteiger partial charge in [0, 0.05) is 40.0 Å². The third-order valence-corrected chi connectivity index (χ3v) is 3.78. The van der Waals surface area contributed by atoms with Gasteiger partial charge in [-0.2, -0.15) is 0 Å². The van der Waals surface area contributed by atoms with Gasteiger partial charge in [0.2, 0.25) is 0 Å². The van der Waals surface area contributed by atoms with Gasteiger partial charge in [-0.05, 0) is 0 Å². The van der Waals surface area contributed by atoms with Gasteiger partial charge < -0.3 is 24.1 Å². The van der Waals surface area contributed by atoms with Gasteiger partial charge in [0.25, 0.3) is 0 Å². The molecule has 2 rings (SSSR count). The Morgan fingerprint density at radius 2 is 1.74 bits per heavy atom. The zero-order chi connectivity index (χ0) is 20.0. The van der Waals surface area contributed by atoms with E-state index in [1.165, 1.54) is 25.5 Å². The van der Waals surface area contributed by atoms with Gasteiger partial charge >= 0.3 is 17.9 Å². The van der Waals surface area contributed by atoms with Crippen LogP contribution >= 0.6 is 0 Å². The molecule has 0 aliphatic carbocycles. The number of rotatable bonds is 8. The first-order valence-electron chi connectivity index (χ1n) is 8.43. The first-order valence-corrected chi connectivity index (χ1v) is 8.43. The van der Waals surface area contributed by atoms with Crippen LogP contribution in [0.5, 0.6) is 0 Å². The molecule has 11 heteroatoms. The van der Waals surface area contributed by atoms with Gasteiger partial charge in [-0.3, -0.25) is 14.4 Å². The molecule has 0 saturated carbocycles. The summed E-state index contributed by atoms with van der Waals surface area (Å²) < 4.78 is 22.9. The fourth-order valence-electron chi connectivity index (χ4n) is 2.79. The lowest BCUT2D eigenvalue weighted by atomic mass is 10.1. The molecule has 0 aromatic carbocycles. The van der Waals surface area contributed by atoms with Gasteiger partial charge in [-0.25, -0.2) is 4.68 Å². The normalized spacial score (nSPS) is 24.4. The van der Waals surface area contributed by atoms with E-state index in [4.69, 9.17) is 24.1 Å². The van der Waals surface area contributed by atoms with Crippen LogP contribution < -0.4 is 0 Å². The Labute approximate surface area is 155 Å². The maximum absolute atomic E-state index is 11.5. The van der Waals surface area contributed by atoms with Crippen LogP contribution in [0.1, 0.15) is 26.5 Å². The molecule has 1 aliphatic rings. The van der Waals surface area contributed by atoms with Crippen LogP contribution in [0.2, 0.25) is 0 Å². The van der Waals surface area contributed by atoms with E-state index in [-0.39, 0.29) is 19.8 Å². The Bertz CT molecular complexity index is 676. The number of aliphatic hydroxyl groups is 1. The fraction of sp³-hybridized carbons (Fsp3) is 0.688. The van der Waals surface area contributed by atoms with Gasteiger partial charge in [-0.15, -0.1) is 5.10 Å². The van der Waals surface area contributed by atoms with Crippen LogP contribution in [0.25, 0.3) is 0 Å². The van der Waals surface area contributed by atoms with Crippen molar-refractivity contribution in [3.8, 4) is 0 Å². The minimum absolute atomic E-state index is 0.0618. The Balaban J connectivity index is 2.19. The molecule has 1 aromatic heterocycles. The topological polar surface area (TPSA) is 139 Å². The van der Waals surface area contributed by atoms with E-state index in [2.05, 4.69) is 10.3 Å². The maximum Gasteiger partial charge on any atom is 0.303 e. The van der Waals surface area contributed by atoms with Crippen molar-refractivity contribution in [2.75, 3.05) is 13.2 Å². The number of ether oxygens (including phenoxy) is 4. The van der Waals surface area contributed by atoms with Gasteiger partial charge in [0.05, 0.1) is 12.2 Å². The molecule has 1 saturated heterocycles. The van der Waals surface area contributed by atoms with Crippen molar-refractivity contribution in [3.63, 3.8) is 0 Å². The van der Waals surface area contributed by atoms with Crippen LogP contribution in [-0.4, -0.2) is 75.6 Å². The molecule has 11 nitrogen and oxygen atoms in total. The number of hydrogen-bond donors (Lipinski definition) is 1. The molecule has 1 aliphatic heterocycles. The van der Waals surface area contributed by atoms with E-state index in [1.807, 2.05) is 0 Å². The van der Waals surface area contributed by atoms with Crippen LogP contribution in [0.15, 0.2) is 6.20 Å². The summed E-state index contributed by atoms with van der Waals surface area (Å²) in [5.41, 5.74) is 0.590. The van der Waals surface area contributed by atoms with E-state index in [9.17, 15) is 14.4 Å². The predicted molar refractivity (Wildman–Crippen MR) is 87.2 cm³/mol. The van der Waals surface area contributed by atoms with Gasteiger partial charge in [0.1, 0.15) is 18.8 Å². The second kappa shape index (κ2) is 9.42. The Morgan fingerprint density at radius 1 is 1.11 bits per heavy atom. The number of carbonyl (C=O) groups is 3. The smallest absolute Gasteiger partial charge is 0.303 e. The van der Waals surface area contributed by atoms with E-state index < -0.39 is 42.3 Å². The summed E-state index contributed by atoms with van der Waals surface area (Å²) in [4.78, 5) is 34.1. The van der Waals surface area contributed by atoms with E-state index in [0.717, 1.165) is 0 Å². The summed E-state index contributed by atoms with van der Waals surface area (Å²) in [5, 5.41) is 16.8. The number of hydrogen-bond acceptors (Lipinski definition) is 10. The Morgan fingerprint density at radius 3 is 2.30 bits per heavy atom. The lowest BCUT2D eigenvalue weighted by molar-refractivity contribution is -0.165. The van der Waals surface area contributed by atoms with Crippen molar-refractivity contribution < 1.29 is 38.4 Å². The first-order chi connectivity index (χ1) is 12.8. The highest BCUT2D eigenvalue weighted by molar-refractivity contribution is 5.68. The molecular formula is C16H23N3O8. The molecule has 0 unspecified atom stereocenters. The fourth-order valence-corrected chi connectivity index (χ4v) is 2.79. The monoisotopic (exact) mass is 385 g/mol. The number of aliphatic hydroxyl groups excluding tert-OH is 1. The summed E-state index contributed by atoms with van der Waals surface area (Å²) in [6.07, 6.45) is -1.36. The van der Waals surface area contributed by atoms with Crippen molar-refractivity contribution in [3.05, 3.63) is 11.9 Å². The molecule has 27 heavy (non-hydrogen) atoms. The molecule has 0 spiro atoms. The average molecular weight is 385 g/mol. The molecule has 150 valence electrons. The second-order valence-corrected chi connectivity index (χ2v) is 6.07. The van der Waals surface area contributed by atoms with Crippen molar-refractivity contribution in [1.82, 2.24) is 15.0 Å². The van der Waals surface area contributed by atoms with Crippen molar-refractivity contribution in [1.29, 1.82) is 0 Å². The number of aromatic nitrogens is 3. The lowest BCUT2D eigenvalue weighted by Crippen LogP contribution is -2.42. The van der Waals surface area contributed by atoms with Gasteiger partial charge in [-0.1, -0.05) is 5.21 Å². The van der Waals surface area contributed by atoms with Crippen molar-refractivity contribution >= 4 is 17.9 Å². The quantitative estimate of drug-likeness (QED) is 0.438. The van der Waals surface area contributed by atoms with Crippen LogP contribution in [0, 0.1) is 0 Å². The Kier molecular flexibility index (Phi) is 7.25. The summed E-state index contributed by atoms with van der Waals surface area (Å²) in [6, 6.07) is 0. The largest absolute Gasteiger partial charge is 0.463 e. The molecule has 0 amide bonds. The molecule has 1 fully saturated rings. The minimum Gasteiger partial charge on any atom is -0.463 e. The molecular weight excluding hydrogens is 362 g/mol. The van der Waals surface area contributed by atoms with Crippen LogP contribution in [0.4, 0.5) is 0 Å². The third kappa shape index (κ3) is 6.00. The third-order valence-electron chi connectivity index (χ3n) is 3.78. The zero-order valence-corrected chi connectivity index (χ0v) is 15.4. The van der Waals surface area contributed by atoms with E-state index in [0.29, 0.717) is 12.1 Å². The summed E-state index contributed by atoms with van der Waals surface area (Å²) in [6.45, 7) is 3.64. The number of esters is 3. The van der Waals surface area contributed by atoms with Crippen molar-refractivity contribution in [2.45, 2.75) is 58.2 Å². The molecule has 4 atom stereocenters. The first kappa shape index (κ1) is 20.8. The number of carbonyl (C=O) groups excluding carboxylic acids is 3. The maximum atomic E-state index is 11.5. The molecule has 1 aromatic rings. The predicted octanol–water partition coefficient (Wildman–Crippen LogP) is -0.993. The Hall–Kier alpha value is -2.53. The zero-order valence-electron chi connectivity index (χ0n) is 15.4. The second-order valence-electron chi connectivity index (χ2n) is 6.07. The highest BCUT2D eigenvalue weighted by atomic mass is 16.6. The average Bonchev–Trinajstić information content (AvgIpc) is 3.12. The number of nitrogens with zero attached hydrogens (tertiary/aromatic N) is 3. The highest BCUT2D eigenvalue weighted by Gasteiger charge is 2.49. The molecule has 2 heterocycles. The standard InChI is InChI=1S/C16H23N3O8/c1-9(21)24-8-14-16(26-11(3)23)15(25-10(2)22)13(27-14)7-19-6-12(4-5-20)17-18-19/h6,13-16,20H,4-5,7-8H2,1-3H3/t13-,14+,15+,16+/m0/s1. The molecule has 0 bridgehead atoms. The summed E-state index contributed by atoms with van der Waals surface area (Å²) in [5.74, 6) is -1.67. The summed E-state index contributed by atoms with van der Waals surface area (Å²) >= 11 is 0. The van der Waals surface area contributed by atoms with Gasteiger partial charge in [0.15, 0.2) is 12.2 Å². The molecule has 1 N–H and O–H groups in total. The van der Waals surface area contributed by atoms with E-state index in [1.54, 1.807) is 6.20 Å². The highest BCUT2D eigenvalue weighted by Crippen LogP contribution is 2.28. The lowest BCUT2D eigenvalue weighted by Gasteiger charge is -2.23. The van der Waals surface area contributed by atoms with Crippen LogP contribution in [-0.2, 0) is 46.3 Å². The SMILES string of the molecule is CC(=O)OC[C@H]1O[C@@H](Cn2cc(CCO)nn2)[C@@H](OC(C)=O)[C@@H]1OC(C)=O. The molecule has 0 radical (unpaired) electrons. The summed E-state index contributed by atoms with van der Waals surface area (Å²) in [7, 11) is 0. The van der Waals surface area contributed by atoms with E-state index >= 15 is 0 Å². The van der Waals surface area contributed by atoms with Crippen molar-refractivity contribution in [2.24, 2.45) is 0 Å². The minimum atomic E-state index is -0.934. The van der Waals surface area contributed by atoms with Crippen LogP contribution in [0.3, 0.4) is 0 Å².